The Morgan fingerprint density at radius 2 is 2.24 bits per heavy atom. The SMILES string of the molecule is Cc1cccnc1C(=O)N(CC(=O)O)C1CC1. The number of hydrogen-bond acceptors (Lipinski definition) is 3. The summed E-state index contributed by atoms with van der Waals surface area (Å²) in [7, 11) is 0. The minimum Gasteiger partial charge on any atom is -0.480 e. The molecule has 5 heteroatoms. The molecule has 1 aromatic heterocycles. The van der Waals surface area contributed by atoms with Crippen molar-refractivity contribution >= 4 is 11.9 Å². The van der Waals surface area contributed by atoms with Gasteiger partial charge in [0.15, 0.2) is 0 Å². The highest BCUT2D eigenvalue weighted by Crippen LogP contribution is 2.28. The number of carbonyl (C=O) groups excluding carboxylic acids is 1. The van der Waals surface area contributed by atoms with Crippen molar-refractivity contribution in [2.24, 2.45) is 0 Å². The summed E-state index contributed by atoms with van der Waals surface area (Å²) in [6, 6.07) is 3.62. The molecule has 1 N–H and O–H groups in total. The summed E-state index contributed by atoms with van der Waals surface area (Å²) in [4.78, 5) is 28.4. The Hall–Kier alpha value is -1.91. The molecule has 0 aromatic carbocycles. The molecule has 0 unspecified atom stereocenters. The van der Waals surface area contributed by atoms with Crippen LogP contribution in [0.1, 0.15) is 28.9 Å². The average Bonchev–Trinajstić information content (AvgIpc) is 3.09. The van der Waals surface area contributed by atoms with Crippen molar-refractivity contribution in [3.8, 4) is 0 Å². The van der Waals surface area contributed by atoms with E-state index in [1.54, 1.807) is 25.3 Å². The Bertz CT molecular complexity index is 455. The van der Waals surface area contributed by atoms with E-state index in [2.05, 4.69) is 4.98 Å². The van der Waals surface area contributed by atoms with Gasteiger partial charge in [-0.2, -0.15) is 0 Å². The molecule has 0 bridgehead atoms. The molecule has 5 nitrogen and oxygen atoms in total. The number of aliphatic carboxylic acids is 1. The number of aromatic nitrogens is 1. The van der Waals surface area contributed by atoms with Crippen LogP contribution in [0.25, 0.3) is 0 Å². The maximum Gasteiger partial charge on any atom is 0.323 e. The van der Waals surface area contributed by atoms with E-state index in [9.17, 15) is 9.59 Å². The Morgan fingerprint density at radius 3 is 2.76 bits per heavy atom. The average molecular weight is 234 g/mol. The minimum absolute atomic E-state index is 0.0695. The fourth-order valence-corrected chi connectivity index (χ4v) is 1.74. The molecule has 0 spiro atoms. The van der Waals surface area contributed by atoms with Crippen LogP contribution in [-0.2, 0) is 4.79 Å². The largest absolute Gasteiger partial charge is 0.480 e. The van der Waals surface area contributed by atoms with Crippen molar-refractivity contribution in [2.45, 2.75) is 25.8 Å². The first-order valence-electron chi connectivity index (χ1n) is 5.54. The van der Waals surface area contributed by atoms with E-state index in [1.807, 2.05) is 0 Å². The van der Waals surface area contributed by atoms with E-state index in [-0.39, 0.29) is 18.5 Å². The third-order valence-corrected chi connectivity index (χ3v) is 2.77. The molecule has 1 aromatic rings. The highest BCUT2D eigenvalue weighted by Gasteiger charge is 2.35. The number of carboxylic acids is 1. The van der Waals surface area contributed by atoms with Crippen LogP contribution < -0.4 is 0 Å². The molecule has 0 radical (unpaired) electrons. The number of hydrogen-bond donors (Lipinski definition) is 1. The first kappa shape index (κ1) is 11.6. The van der Waals surface area contributed by atoms with Gasteiger partial charge in [-0.05, 0) is 31.4 Å². The quantitative estimate of drug-likeness (QED) is 0.846. The van der Waals surface area contributed by atoms with Crippen molar-refractivity contribution in [2.75, 3.05) is 6.54 Å². The van der Waals surface area contributed by atoms with Crippen molar-refractivity contribution in [1.29, 1.82) is 0 Å². The summed E-state index contributed by atoms with van der Waals surface area (Å²) in [5.74, 6) is -1.27. The van der Waals surface area contributed by atoms with Crippen LogP contribution in [0.4, 0.5) is 0 Å². The maximum atomic E-state index is 12.2. The maximum absolute atomic E-state index is 12.2. The number of pyridine rings is 1. The number of aryl methyl sites for hydroxylation is 1. The lowest BCUT2D eigenvalue weighted by atomic mass is 10.2. The molecule has 0 saturated heterocycles. The summed E-state index contributed by atoms with van der Waals surface area (Å²) >= 11 is 0. The molecule has 1 heterocycles. The second-order valence-electron chi connectivity index (χ2n) is 4.23. The predicted molar refractivity (Wildman–Crippen MR) is 60.7 cm³/mol. The van der Waals surface area contributed by atoms with Gasteiger partial charge in [-0.15, -0.1) is 0 Å². The molecule has 1 amide bonds. The van der Waals surface area contributed by atoms with Gasteiger partial charge in [0.1, 0.15) is 12.2 Å². The molecule has 17 heavy (non-hydrogen) atoms. The number of carboxylic acid groups (broad SMARTS) is 1. The van der Waals surface area contributed by atoms with E-state index in [0.29, 0.717) is 5.69 Å². The first-order valence-corrected chi connectivity index (χ1v) is 5.54. The van der Waals surface area contributed by atoms with E-state index >= 15 is 0 Å². The molecule has 90 valence electrons. The number of rotatable bonds is 4. The van der Waals surface area contributed by atoms with Gasteiger partial charge >= 0.3 is 5.97 Å². The van der Waals surface area contributed by atoms with Crippen LogP contribution in [0, 0.1) is 6.92 Å². The Labute approximate surface area is 99.1 Å². The van der Waals surface area contributed by atoms with E-state index in [1.165, 1.54) is 4.90 Å². The molecular formula is C12H14N2O3. The predicted octanol–water partition coefficient (Wildman–Crippen LogP) is 1.08. The standard InChI is InChI=1S/C12H14N2O3/c1-8-3-2-6-13-11(8)12(17)14(7-10(15)16)9-4-5-9/h2-3,6,9H,4-5,7H2,1H3,(H,15,16). The zero-order valence-electron chi connectivity index (χ0n) is 9.59. The Kier molecular flexibility index (Phi) is 3.08. The minimum atomic E-state index is -0.987. The van der Waals surface area contributed by atoms with Gasteiger partial charge in [0, 0.05) is 12.2 Å². The lowest BCUT2D eigenvalue weighted by molar-refractivity contribution is -0.137. The van der Waals surface area contributed by atoms with Crippen LogP contribution >= 0.6 is 0 Å². The molecular weight excluding hydrogens is 220 g/mol. The summed E-state index contributed by atoms with van der Waals surface area (Å²) < 4.78 is 0. The van der Waals surface area contributed by atoms with E-state index in [0.717, 1.165) is 18.4 Å². The second kappa shape index (κ2) is 4.53. The molecule has 1 fully saturated rings. The van der Waals surface area contributed by atoms with Gasteiger partial charge in [-0.3, -0.25) is 14.6 Å². The van der Waals surface area contributed by atoms with Crippen LogP contribution in [-0.4, -0.2) is 39.5 Å². The normalized spacial score (nSPS) is 14.4. The lowest BCUT2D eigenvalue weighted by Gasteiger charge is -2.20. The smallest absolute Gasteiger partial charge is 0.323 e. The third-order valence-electron chi connectivity index (χ3n) is 2.77. The summed E-state index contributed by atoms with van der Waals surface area (Å²) in [5, 5.41) is 8.81. The van der Waals surface area contributed by atoms with E-state index in [4.69, 9.17) is 5.11 Å². The molecule has 1 saturated carbocycles. The van der Waals surface area contributed by atoms with Crippen LogP contribution in [0.15, 0.2) is 18.3 Å². The van der Waals surface area contributed by atoms with Crippen molar-refractivity contribution < 1.29 is 14.7 Å². The Morgan fingerprint density at radius 1 is 1.53 bits per heavy atom. The van der Waals surface area contributed by atoms with Crippen LogP contribution in [0.5, 0.6) is 0 Å². The molecule has 1 aliphatic carbocycles. The van der Waals surface area contributed by atoms with Crippen molar-refractivity contribution in [1.82, 2.24) is 9.88 Å². The first-order chi connectivity index (χ1) is 8.09. The zero-order valence-corrected chi connectivity index (χ0v) is 9.59. The van der Waals surface area contributed by atoms with Crippen LogP contribution in [0.2, 0.25) is 0 Å². The van der Waals surface area contributed by atoms with Gasteiger partial charge in [0.05, 0.1) is 0 Å². The van der Waals surface area contributed by atoms with Crippen molar-refractivity contribution in [3.63, 3.8) is 0 Å². The molecule has 0 aliphatic heterocycles. The highest BCUT2D eigenvalue weighted by atomic mass is 16.4. The second-order valence-corrected chi connectivity index (χ2v) is 4.23. The van der Waals surface area contributed by atoms with Gasteiger partial charge < -0.3 is 10.0 Å². The molecule has 0 atom stereocenters. The monoisotopic (exact) mass is 234 g/mol. The van der Waals surface area contributed by atoms with Gasteiger partial charge in [-0.1, -0.05) is 6.07 Å². The summed E-state index contributed by atoms with van der Waals surface area (Å²) in [5.41, 5.74) is 1.12. The topological polar surface area (TPSA) is 70.5 Å². The fraction of sp³-hybridized carbons (Fsp3) is 0.417. The molecule has 1 aliphatic rings. The molecule has 2 rings (SSSR count). The highest BCUT2D eigenvalue weighted by molar-refractivity contribution is 5.95. The van der Waals surface area contributed by atoms with Crippen LogP contribution in [0.3, 0.4) is 0 Å². The zero-order chi connectivity index (χ0) is 12.4. The Balaban J connectivity index is 2.22. The van der Waals surface area contributed by atoms with E-state index < -0.39 is 5.97 Å². The van der Waals surface area contributed by atoms with Gasteiger partial charge in [0.25, 0.3) is 5.91 Å². The van der Waals surface area contributed by atoms with Gasteiger partial charge in [-0.25, -0.2) is 0 Å². The van der Waals surface area contributed by atoms with Gasteiger partial charge in [0.2, 0.25) is 0 Å². The third kappa shape index (κ3) is 2.61. The lowest BCUT2D eigenvalue weighted by Crippen LogP contribution is -2.38. The number of carbonyl (C=O) groups is 2. The fourth-order valence-electron chi connectivity index (χ4n) is 1.74. The number of nitrogens with zero attached hydrogens (tertiary/aromatic N) is 2. The van der Waals surface area contributed by atoms with Crippen molar-refractivity contribution in [3.05, 3.63) is 29.6 Å². The summed E-state index contributed by atoms with van der Waals surface area (Å²) in [6.07, 6.45) is 3.31. The number of amides is 1. The summed E-state index contributed by atoms with van der Waals surface area (Å²) in [6.45, 7) is 1.55.